The van der Waals surface area contributed by atoms with Crippen molar-refractivity contribution in [1.82, 2.24) is 4.31 Å². The van der Waals surface area contributed by atoms with Crippen LogP contribution in [0, 0.1) is 6.92 Å². The number of aliphatic hydroxyl groups excluding tert-OH is 1. The number of hydrogen-bond acceptors (Lipinski definition) is 3. The Morgan fingerprint density at radius 3 is 2.90 bits per heavy atom. The molecule has 0 saturated carbocycles. The lowest BCUT2D eigenvalue weighted by atomic mass is 10.1. The molecule has 1 atom stereocenters. The van der Waals surface area contributed by atoms with Crippen molar-refractivity contribution in [3.8, 4) is 0 Å². The van der Waals surface area contributed by atoms with E-state index in [9.17, 15) is 13.5 Å². The molecule has 1 aromatic carbocycles. The lowest BCUT2D eigenvalue weighted by Crippen LogP contribution is -2.47. The zero-order chi connectivity index (χ0) is 14.8. The summed E-state index contributed by atoms with van der Waals surface area (Å²) in [5, 5.41) is 9.35. The van der Waals surface area contributed by atoms with Crippen LogP contribution in [0.25, 0.3) is 0 Å². The molecule has 112 valence electrons. The van der Waals surface area contributed by atoms with Gasteiger partial charge < -0.3 is 5.11 Å². The van der Waals surface area contributed by atoms with Crippen molar-refractivity contribution in [2.24, 2.45) is 0 Å². The molecule has 20 heavy (non-hydrogen) atoms. The highest BCUT2D eigenvalue weighted by Crippen LogP contribution is 2.28. The first-order chi connectivity index (χ1) is 9.45. The molecule has 2 rings (SSSR count). The summed E-state index contributed by atoms with van der Waals surface area (Å²) >= 11 is 3.39. The Kier molecular flexibility index (Phi) is 5.06. The summed E-state index contributed by atoms with van der Waals surface area (Å²) in [7, 11) is -3.64. The summed E-state index contributed by atoms with van der Waals surface area (Å²) in [6.07, 6.45) is 2.48. The van der Waals surface area contributed by atoms with Gasteiger partial charge in [0.2, 0.25) is 0 Å². The van der Waals surface area contributed by atoms with E-state index in [1.165, 1.54) is 4.31 Å². The van der Waals surface area contributed by atoms with Crippen LogP contribution in [-0.2, 0) is 10.2 Å². The Hall–Kier alpha value is -0.630. The van der Waals surface area contributed by atoms with E-state index in [1.54, 1.807) is 12.1 Å². The van der Waals surface area contributed by atoms with Crippen molar-refractivity contribution in [2.45, 2.75) is 32.2 Å². The molecule has 1 unspecified atom stereocenters. The van der Waals surface area contributed by atoms with Crippen LogP contribution in [0.5, 0.6) is 0 Å². The van der Waals surface area contributed by atoms with Gasteiger partial charge in [-0.3, -0.25) is 4.72 Å². The van der Waals surface area contributed by atoms with Gasteiger partial charge in [0.15, 0.2) is 0 Å². The van der Waals surface area contributed by atoms with Crippen LogP contribution >= 0.6 is 15.9 Å². The third-order valence-corrected chi connectivity index (χ3v) is 6.15. The van der Waals surface area contributed by atoms with E-state index in [1.807, 2.05) is 13.0 Å². The Morgan fingerprint density at radius 1 is 1.45 bits per heavy atom. The van der Waals surface area contributed by atoms with Crippen molar-refractivity contribution in [3.05, 3.63) is 28.2 Å². The molecule has 7 heteroatoms. The van der Waals surface area contributed by atoms with Gasteiger partial charge in [0.25, 0.3) is 0 Å². The molecular weight excluding hydrogens is 344 g/mol. The SMILES string of the molecule is Cc1cccc(NS(=O)(=O)N2CCCCC2CO)c1Br. The first kappa shape index (κ1) is 15.8. The molecule has 5 nitrogen and oxygen atoms in total. The fourth-order valence-electron chi connectivity index (χ4n) is 2.40. The molecule has 1 heterocycles. The van der Waals surface area contributed by atoms with Crippen LogP contribution in [-0.4, -0.2) is 37.0 Å². The molecule has 1 saturated heterocycles. The number of nitrogens with one attached hydrogen (secondary N) is 1. The second kappa shape index (κ2) is 6.43. The van der Waals surface area contributed by atoms with E-state index in [0.29, 0.717) is 18.7 Å². The van der Waals surface area contributed by atoms with Gasteiger partial charge in [-0.05, 0) is 47.3 Å². The molecular formula is C13H19BrN2O3S. The van der Waals surface area contributed by atoms with Crippen molar-refractivity contribution >= 4 is 31.8 Å². The van der Waals surface area contributed by atoms with Gasteiger partial charge in [-0.2, -0.15) is 12.7 Å². The van der Waals surface area contributed by atoms with Crippen LogP contribution in [0.4, 0.5) is 5.69 Å². The largest absolute Gasteiger partial charge is 0.395 e. The van der Waals surface area contributed by atoms with E-state index in [2.05, 4.69) is 20.7 Å². The lowest BCUT2D eigenvalue weighted by Gasteiger charge is -2.33. The smallest absolute Gasteiger partial charge is 0.302 e. The second-order valence-corrected chi connectivity index (χ2v) is 7.40. The van der Waals surface area contributed by atoms with Crippen LogP contribution < -0.4 is 4.72 Å². The zero-order valence-electron chi connectivity index (χ0n) is 11.3. The highest BCUT2D eigenvalue weighted by Gasteiger charge is 2.32. The van der Waals surface area contributed by atoms with E-state index < -0.39 is 10.2 Å². The number of aryl methyl sites for hydroxylation is 1. The molecule has 2 N–H and O–H groups in total. The fraction of sp³-hybridized carbons (Fsp3) is 0.538. The Morgan fingerprint density at radius 2 is 2.20 bits per heavy atom. The Bertz CT molecular complexity index is 577. The molecule has 1 aromatic rings. The lowest BCUT2D eigenvalue weighted by molar-refractivity contribution is 0.156. The van der Waals surface area contributed by atoms with Gasteiger partial charge in [0, 0.05) is 17.1 Å². The number of halogens is 1. The number of hydrogen-bond donors (Lipinski definition) is 2. The number of benzene rings is 1. The molecule has 0 amide bonds. The van der Waals surface area contributed by atoms with Gasteiger partial charge in [0.05, 0.1) is 12.3 Å². The summed E-state index contributed by atoms with van der Waals surface area (Å²) in [4.78, 5) is 0. The summed E-state index contributed by atoms with van der Waals surface area (Å²) in [6.45, 7) is 2.21. The van der Waals surface area contributed by atoms with Crippen molar-refractivity contribution in [3.63, 3.8) is 0 Å². The molecule has 0 aliphatic carbocycles. The molecule has 1 fully saturated rings. The molecule has 0 radical (unpaired) electrons. The fourth-order valence-corrected chi connectivity index (χ4v) is 4.39. The monoisotopic (exact) mass is 362 g/mol. The van der Waals surface area contributed by atoms with E-state index in [-0.39, 0.29) is 12.6 Å². The van der Waals surface area contributed by atoms with E-state index in [0.717, 1.165) is 22.9 Å². The minimum absolute atomic E-state index is 0.143. The van der Waals surface area contributed by atoms with Crippen molar-refractivity contribution in [1.29, 1.82) is 0 Å². The summed E-state index contributed by atoms with van der Waals surface area (Å²) in [6, 6.07) is 5.09. The van der Waals surface area contributed by atoms with Crippen LogP contribution in [0.15, 0.2) is 22.7 Å². The minimum Gasteiger partial charge on any atom is -0.395 e. The Balaban J connectivity index is 2.24. The number of anilines is 1. The van der Waals surface area contributed by atoms with Gasteiger partial charge in [0.1, 0.15) is 0 Å². The number of aliphatic hydroxyl groups is 1. The molecule has 0 spiro atoms. The quantitative estimate of drug-likeness (QED) is 0.862. The minimum atomic E-state index is -3.64. The third-order valence-electron chi connectivity index (χ3n) is 3.52. The molecule has 0 aromatic heterocycles. The number of piperidine rings is 1. The van der Waals surface area contributed by atoms with Crippen LogP contribution in [0.1, 0.15) is 24.8 Å². The van der Waals surface area contributed by atoms with Crippen LogP contribution in [0.2, 0.25) is 0 Å². The standard InChI is InChI=1S/C13H19BrN2O3S/c1-10-5-4-7-12(13(10)14)15-20(18,19)16-8-3-2-6-11(16)9-17/h4-5,7,11,15,17H,2-3,6,8-9H2,1H3. The third kappa shape index (κ3) is 3.33. The van der Waals surface area contributed by atoms with Gasteiger partial charge >= 0.3 is 10.2 Å². The number of rotatable bonds is 4. The predicted octanol–water partition coefficient (Wildman–Crippen LogP) is 2.26. The molecule has 0 bridgehead atoms. The summed E-state index contributed by atoms with van der Waals surface area (Å²) < 4.78 is 29.6. The summed E-state index contributed by atoms with van der Waals surface area (Å²) in [5.41, 5.74) is 1.48. The highest BCUT2D eigenvalue weighted by atomic mass is 79.9. The first-order valence-corrected chi connectivity index (χ1v) is 8.84. The average Bonchev–Trinajstić information content (AvgIpc) is 2.43. The average molecular weight is 363 g/mol. The van der Waals surface area contributed by atoms with E-state index in [4.69, 9.17) is 0 Å². The highest BCUT2D eigenvalue weighted by molar-refractivity contribution is 9.10. The van der Waals surface area contributed by atoms with Crippen molar-refractivity contribution in [2.75, 3.05) is 17.9 Å². The second-order valence-electron chi connectivity index (χ2n) is 4.99. The Labute approximate surface area is 128 Å². The topological polar surface area (TPSA) is 69.6 Å². The molecule has 1 aliphatic rings. The van der Waals surface area contributed by atoms with Crippen LogP contribution in [0.3, 0.4) is 0 Å². The molecule has 1 aliphatic heterocycles. The van der Waals surface area contributed by atoms with Crippen molar-refractivity contribution < 1.29 is 13.5 Å². The van der Waals surface area contributed by atoms with Gasteiger partial charge in [-0.25, -0.2) is 0 Å². The maximum atomic E-state index is 12.5. The number of nitrogens with zero attached hydrogens (tertiary/aromatic N) is 1. The zero-order valence-corrected chi connectivity index (χ0v) is 13.7. The summed E-state index contributed by atoms with van der Waals surface area (Å²) in [5.74, 6) is 0. The normalized spacial score (nSPS) is 20.9. The maximum absolute atomic E-state index is 12.5. The van der Waals surface area contributed by atoms with E-state index >= 15 is 0 Å². The first-order valence-electron chi connectivity index (χ1n) is 6.61. The predicted molar refractivity (Wildman–Crippen MR) is 82.9 cm³/mol. The van der Waals surface area contributed by atoms with Gasteiger partial charge in [-0.15, -0.1) is 0 Å². The van der Waals surface area contributed by atoms with Gasteiger partial charge in [-0.1, -0.05) is 18.6 Å². The maximum Gasteiger partial charge on any atom is 0.302 e.